The average Bonchev–Trinajstić information content (AvgIpc) is 2.82. The van der Waals surface area contributed by atoms with Gasteiger partial charge in [0.15, 0.2) is 0 Å². The minimum absolute atomic E-state index is 0.0302. The summed E-state index contributed by atoms with van der Waals surface area (Å²) in [5, 5.41) is 18.0. The van der Waals surface area contributed by atoms with E-state index in [9.17, 15) is 14.7 Å². The quantitative estimate of drug-likeness (QED) is 0.629. The highest BCUT2D eigenvalue weighted by molar-refractivity contribution is 5.92. The van der Waals surface area contributed by atoms with Crippen LogP contribution in [0.25, 0.3) is 0 Å². The second-order valence-electron chi connectivity index (χ2n) is 11.1. The summed E-state index contributed by atoms with van der Waals surface area (Å²) in [6, 6.07) is 0.256. The fourth-order valence-corrected chi connectivity index (χ4v) is 6.93. The number of carbonyl (C=O) groups excluding carboxylic acids is 2. The standard InChI is InChI=1S/C26H40N4O3/c1-16(24(32)29-18-7-5-4-6-8-18)19-9-11-26(3)12-10-20(17(2)22(26)23(19)31)30-25(33)21-15-27-13-14-28-21/h13-20,22-23,31H,4-12H2,1-3H3,(H,29,32)(H,30,33)/t16-,17+,19-,20-,22+,23-,26-/m0/s1. The van der Waals surface area contributed by atoms with E-state index in [4.69, 9.17) is 0 Å². The molecular weight excluding hydrogens is 416 g/mol. The number of fused-ring (bicyclic) bond motifs is 1. The van der Waals surface area contributed by atoms with Gasteiger partial charge in [-0.2, -0.15) is 0 Å². The van der Waals surface area contributed by atoms with Crippen molar-refractivity contribution < 1.29 is 14.7 Å². The van der Waals surface area contributed by atoms with Crippen molar-refractivity contribution in [1.29, 1.82) is 0 Å². The molecule has 7 nitrogen and oxygen atoms in total. The number of amides is 2. The summed E-state index contributed by atoms with van der Waals surface area (Å²) < 4.78 is 0. The molecule has 1 aromatic rings. The topological polar surface area (TPSA) is 104 Å². The van der Waals surface area contributed by atoms with Gasteiger partial charge in [0.05, 0.1) is 12.3 Å². The molecule has 0 aliphatic heterocycles. The highest BCUT2D eigenvalue weighted by atomic mass is 16.3. The van der Waals surface area contributed by atoms with Crippen molar-refractivity contribution in [3.8, 4) is 0 Å². The lowest BCUT2D eigenvalue weighted by molar-refractivity contribution is -0.142. The number of aliphatic hydroxyl groups is 1. The number of carbonyl (C=O) groups is 2. The molecule has 3 fully saturated rings. The van der Waals surface area contributed by atoms with Gasteiger partial charge in [-0.05, 0) is 61.7 Å². The lowest BCUT2D eigenvalue weighted by Crippen LogP contribution is -2.58. The molecule has 7 heteroatoms. The first-order valence-corrected chi connectivity index (χ1v) is 12.9. The van der Waals surface area contributed by atoms with Gasteiger partial charge in [0.25, 0.3) is 5.91 Å². The number of nitrogens with zero attached hydrogens (tertiary/aromatic N) is 2. The predicted octanol–water partition coefficient (Wildman–Crippen LogP) is 3.48. The molecule has 1 aromatic heterocycles. The smallest absolute Gasteiger partial charge is 0.271 e. The van der Waals surface area contributed by atoms with Crippen molar-refractivity contribution >= 4 is 11.8 Å². The number of hydrogen-bond acceptors (Lipinski definition) is 5. The SMILES string of the molecule is C[C@H]1[C@@H]2[C@@H](O)[C@H]([C@H](C)C(=O)NC3CCCCC3)CC[C@@]2(C)CC[C@@H]1NC(=O)c1cnccn1. The number of nitrogens with one attached hydrogen (secondary N) is 2. The molecule has 0 saturated heterocycles. The molecule has 4 rings (SSSR count). The Bertz CT molecular complexity index is 828. The lowest BCUT2D eigenvalue weighted by Gasteiger charge is -2.56. The van der Waals surface area contributed by atoms with Crippen LogP contribution in [0.15, 0.2) is 18.6 Å². The zero-order chi connectivity index (χ0) is 23.6. The summed E-state index contributed by atoms with van der Waals surface area (Å²) in [6.45, 7) is 6.40. The van der Waals surface area contributed by atoms with Crippen molar-refractivity contribution in [2.75, 3.05) is 0 Å². The van der Waals surface area contributed by atoms with Gasteiger partial charge in [-0.15, -0.1) is 0 Å². The highest BCUT2D eigenvalue weighted by Crippen LogP contribution is 2.55. The third-order valence-electron chi connectivity index (χ3n) is 9.01. The van der Waals surface area contributed by atoms with E-state index < -0.39 is 6.10 Å². The van der Waals surface area contributed by atoms with E-state index in [0.29, 0.717) is 5.69 Å². The molecule has 33 heavy (non-hydrogen) atoms. The van der Waals surface area contributed by atoms with Crippen LogP contribution < -0.4 is 10.6 Å². The van der Waals surface area contributed by atoms with E-state index in [-0.39, 0.29) is 53.0 Å². The van der Waals surface area contributed by atoms with Crippen LogP contribution in [0, 0.1) is 29.1 Å². The number of aliphatic hydroxyl groups excluding tert-OH is 1. The van der Waals surface area contributed by atoms with Crippen LogP contribution in [-0.4, -0.2) is 45.1 Å². The molecule has 182 valence electrons. The monoisotopic (exact) mass is 456 g/mol. The summed E-state index contributed by atoms with van der Waals surface area (Å²) in [7, 11) is 0. The number of rotatable bonds is 5. The molecule has 3 aliphatic rings. The summed E-state index contributed by atoms with van der Waals surface area (Å²) in [5.41, 5.74) is 0.344. The fraction of sp³-hybridized carbons (Fsp3) is 0.769. The van der Waals surface area contributed by atoms with Crippen molar-refractivity contribution in [3.05, 3.63) is 24.3 Å². The van der Waals surface area contributed by atoms with E-state index in [1.807, 2.05) is 6.92 Å². The summed E-state index contributed by atoms with van der Waals surface area (Å²) >= 11 is 0. The Labute approximate surface area is 197 Å². The molecule has 0 radical (unpaired) electrons. The number of aromatic nitrogens is 2. The van der Waals surface area contributed by atoms with Crippen LogP contribution in [0.3, 0.4) is 0 Å². The second kappa shape index (κ2) is 10.1. The maximum Gasteiger partial charge on any atom is 0.271 e. The van der Waals surface area contributed by atoms with Crippen LogP contribution >= 0.6 is 0 Å². The first-order valence-electron chi connectivity index (χ1n) is 12.9. The Morgan fingerprint density at radius 1 is 1.09 bits per heavy atom. The van der Waals surface area contributed by atoms with Gasteiger partial charge in [0, 0.05) is 30.4 Å². The van der Waals surface area contributed by atoms with Crippen LogP contribution in [0.2, 0.25) is 0 Å². The van der Waals surface area contributed by atoms with E-state index in [2.05, 4.69) is 34.4 Å². The van der Waals surface area contributed by atoms with Gasteiger partial charge in [-0.3, -0.25) is 14.6 Å². The Hall–Kier alpha value is -2.02. The molecule has 3 aliphatic carbocycles. The maximum absolute atomic E-state index is 13.1. The Morgan fingerprint density at radius 2 is 1.82 bits per heavy atom. The van der Waals surface area contributed by atoms with Gasteiger partial charge >= 0.3 is 0 Å². The summed E-state index contributed by atoms with van der Waals surface area (Å²) in [5.74, 6) is -0.245. The van der Waals surface area contributed by atoms with Crippen LogP contribution in [0.5, 0.6) is 0 Å². The van der Waals surface area contributed by atoms with Crippen LogP contribution in [0.4, 0.5) is 0 Å². The first-order chi connectivity index (χ1) is 15.8. The molecule has 0 aromatic carbocycles. The molecule has 1 heterocycles. The van der Waals surface area contributed by atoms with Gasteiger partial charge in [0.2, 0.25) is 5.91 Å². The lowest BCUT2D eigenvalue weighted by atomic mass is 9.51. The molecule has 7 atom stereocenters. The minimum Gasteiger partial charge on any atom is -0.392 e. The normalized spacial score (nSPS) is 35.8. The van der Waals surface area contributed by atoms with Crippen LogP contribution in [0.1, 0.15) is 89.0 Å². The van der Waals surface area contributed by atoms with E-state index >= 15 is 0 Å². The highest BCUT2D eigenvalue weighted by Gasteiger charge is 2.54. The third kappa shape index (κ3) is 5.08. The number of hydrogen-bond donors (Lipinski definition) is 3. The van der Waals surface area contributed by atoms with Crippen molar-refractivity contribution in [2.24, 2.45) is 29.1 Å². The Kier molecular flexibility index (Phi) is 7.37. The fourth-order valence-electron chi connectivity index (χ4n) is 6.93. The average molecular weight is 457 g/mol. The largest absolute Gasteiger partial charge is 0.392 e. The Balaban J connectivity index is 1.43. The van der Waals surface area contributed by atoms with Crippen molar-refractivity contribution in [2.45, 2.75) is 96.7 Å². The maximum atomic E-state index is 13.1. The van der Waals surface area contributed by atoms with Crippen molar-refractivity contribution in [3.63, 3.8) is 0 Å². The van der Waals surface area contributed by atoms with Crippen molar-refractivity contribution in [1.82, 2.24) is 20.6 Å². The van der Waals surface area contributed by atoms with Crippen LogP contribution in [-0.2, 0) is 4.79 Å². The predicted molar refractivity (Wildman–Crippen MR) is 126 cm³/mol. The summed E-state index contributed by atoms with van der Waals surface area (Å²) in [4.78, 5) is 33.9. The van der Waals surface area contributed by atoms with Gasteiger partial charge in [0.1, 0.15) is 5.69 Å². The molecule has 0 bridgehead atoms. The molecule has 2 amide bonds. The first kappa shape index (κ1) is 24.1. The molecule has 3 N–H and O–H groups in total. The minimum atomic E-state index is -0.554. The van der Waals surface area contributed by atoms with E-state index in [0.717, 1.165) is 38.5 Å². The van der Waals surface area contributed by atoms with E-state index in [1.54, 1.807) is 6.20 Å². The molecule has 0 spiro atoms. The molecule has 3 saturated carbocycles. The van der Waals surface area contributed by atoms with E-state index in [1.165, 1.54) is 31.7 Å². The summed E-state index contributed by atoms with van der Waals surface area (Å²) in [6.07, 6.45) is 13.5. The second-order valence-corrected chi connectivity index (χ2v) is 11.1. The van der Waals surface area contributed by atoms with Gasteiger partial charge < -0.3 is 15.7 Å². The third-order valence-corrected chi connectivity index (χ3v) is 9.01. The Morgan fingerprint density at radius 3 is 2.52 bits per heavy atom. The molecule has 0 unspecified atom stereocenters. The van der Waals surface area contributed by atoms with Gasteiger partial charge in [-0.25, -0.2) is 4.98 Å². The zero-order valence-electron chi connectivity index (χ0n) is 20.3. The molecular formula is C26H40N4O3. The van der Waals surface area contributed by atoms with Gasteiger partial charge in [-0.1, -0.05) is 40.0 Å². The zero-order valence-corrected chi connectivity index (χ0v) is 20.3.